The van der Waals surface area contributed by atoms with E-state index in [4.69, 9.17) is 5.73 Å². The summed E-state index contributed by atoms with van der Waals surface area (Å²) < 4.78 is 27.0. The lowest BCUT2D eigenvalue weighted by molar-refractivity contribution is 0.290. The number of rotatable bonds is 5. The Hall–Kier alpha value is -0.920. The van der Waals surface area contributed by atoms with E-state index in [1.54, 1.807) is 0 Å². The van der Waals surface area contributed by atoms with Crippen LogP contribution in [-0.4, -0.2) is 25.2 Å². The molecule has 0 spiro atoms. The Morgan fingerprint density at radius 1 is 1.42 bits per heavy atom. The van der Waals surface area contributed by atoms with Crippen LogP contribution in [0.25, 0.3) is 0 Å². The van der Waals surface area contributed by atoms with Crippen LogP contribution in [0.15, 0.2) is 11.2 Å². The third-order valence-corrected chi connectivity index (χ3v) is 5.30. The van der Waals surface area contributed by atoms with Crippen molar-refractivity contribution in [2.24, 2.45) is 17.6 Å². The first-order valence-corrected chi connectivity index (χ1v) is 8.23. The third kappa shape index (κ3) is 3.55. The lowest BCUT2D eigenvalue weighted by Crippen LogP contribution is -2.32. The van der Waals surface area contributed by atoms with E-state index in [2.05, 4.69) is 21.8 Å². The molecule has 0 bridgehead atoms. The minimum atomic E-state index is -3.52. The largest absolute Gasteiger partial charge is 0.326 e. The Bertz CT molecular complexity index is 504. The molecule has 0 aromatic carbocycles. The first-order chi connectivity index (χ1) is 9.03. The van der Waals surface area contributed by atoms with E-state index in [-0.39, 0.29) is 11.6 Å². The summed E-state index contributed by atoms with van der Waals surface area (Å²) in [6.07, 6.45) is 6.01. The van der Waals surface area contributed by atoms with Crippen molar-refractivity contribution in [2.75, 3.05) is 6.54 Å². The lowest BCUT2D eigenvalue weighted by atomic mass is 9.83. The van der Waals surface area contributed by atoms with Crippen molar-refractivity contribution in [3.63, 3.8) is 0 Å². The van der Waals surface area contributed by atoms with Crippen LogP contribution in [0.2, 0.25) is 0 Å². The molecule has 0 radical (unpaired) electrons. The van der Waals surface area contributed by atoms with E-state index < -0.39 is 10.0 Å². The van der Waals surface area contributed by atoms with Gasteiger partial charge in [0, 0.05) is 18.7 Å². The van der Waals surface area contributed by atoms with Gasteiger partial charge in [0.05, 0.1) is 6.20 Å². The molecule has 108 valence electrons. The molecule has 1 aliphatic carbocycles. The number of hydrogen-bond donors (Lipinski definition) is 3. The number of H-pyrrole nitrogens is 1. The summed E-state index contributed by atoms with van der Waals surface area (Å²) in [7, 11) is -3.52. The van der Waals surface area contributed by atoms with Crippen LogP contribution >= 0.6 is 0 Å². The van der Waals surface area contributed by atoms with E-state index in [0.717, 1.165) is 18.8 Å². The molecule has 1 saturated carbocycles. The monoisotopic (exact) mass is 286 g/mol. The van der Waals surface area contributed by atoms with Crippen molar-refractivity contribution >= 4 is 10.0 Å². The maximum absolute atomic E-state index is 12.1. The fourth-order valence-corrected chi connectivity index (χ4v) is 3.76. The van der Waals surface area contributed by atoms with E-state index in [1.165, 1.54) is 19.0 Å². The minimum Gasteiger partial charge on any atom is -0.326 e. The molecular formula is C12H22N4O2S. The van der Waals surface area contributed by atoms with Gasteiger partial charge in [-0.25, -0.2) is 13.1 Å². The number of nitrogens with zero attached hydrogens (tertiary/aromatic N) is 1. The lowest BCUT2D eigenvalue weighted by Gasteiger charge is -2.26. The van der Waals surface area contributed by atoms with E-state index in [1.807, 2.05) is 0 Å². The Morgan fingerprint density at radius 2 is 2.11 bits per heavy atom. The highest BCUT2D eigenvalue weighted by atomic mass is 32.2. The van der Waals surface area contributed by atoms with Crippen LogP contribution in [0, 0.1) is 11.8 Å². The molecule has 1 fully saturated rings. The van der Waals surface area contributed by atoms with Crippen LogP contribution in [-0.2, 0) is 16.6 Å². The predicted octanol–water partition coefficient (Wildman–Crippen LogP) is 0.973. The number of nitrogens with one attached hydrogen (secondary N) is 2. The van der Waals surface area contributed by atoms with Gasteiger partial charge in [0.2, 0.25) is 0 Å². The molecule has 2 rings (SSSR count). The zero-order chi connectivity index (χ0) is 13.9. The van der Waals surface area contributed by atoms with E-state index in [9.17, 15) is 8.42 Å². The first kappa shape index (κ1) is 14.5. The molecular weight excluding hydrogens is 264 g/mol. The second-order valence-corrected chi connectivity index (χ2v) is 7.11. The topological polar surface area (TPSA) is 101 Å². The molecule has 4 N–H and O–H groups in total. The Morgan fingerprint density at radius 3 is 2.74 bits per heavy atom. The first-order valence-electron chi connectivity index (χ1n) is 6.75. The maximum Gasteiger partial charge on any atom is 0.257 e. The molecule has 19 heavy (non-hydrogen) atoms. The summed E-state index contributed by atoms with van der Waals surface area (Å²) in [4.78, 5) is 0. The molecule has 6 nitrogen and oxygen atoms in total. The summed E-state index contributed by atoms with van der Waals surface area (Å²) in [6, 6.07) is 0. The smallest absolute Gasteiger partial charge is 0.257 e. The Kier molecular flexibility index (Phi) is 4.59. The summed E-state index contributed by atoms with van der Waals surface area (Å²) in [5.74, 6) is 1.21. The number of aromatic amines is 1. The number of sulfonamides is 1. The van der Waals surface area contributed by atoms with Gasteiger partial charge in [0.15, 0.2) is 5.03 Å². The molecule has 1 aromatic rings. The molecule has 0 unspecified atom stereocenters. The predicted molar refractivity (Wildman–Crippen MR) is 72.8 cm³/mol. The standard InChI is InChI=1S/C12H22N4O2S/c1-9-2-4-10(5-3-9)7-15-19(17,18)12-11(6-13)8-14-16-12/h8-10,15H,2-7,13H2,1H3,(H,14,16). The third-order valence-electron chi connectivity index (χ3n) is 3.86. The highest BCUT2D eigenvalue weighted by Crippen LogP contribution is 2.28. The van der Waals surface area contributed by atoms with Gasteiger partial charge in [-0.05, 0) is 24.7 Å². The van der Waals surface area contributed by atoms with Crippen LogP contribution in [0.1, 0.15) is 38.2 Å². The molecule has 0 atom stereocenters. The van der Waals surface area contributed by atoms with Gasteiger partial charge in [0.1, 0.15) is 0 Å². The van der Waals surface area contributed by atoms with Gasteiger partial charge >= 0.3 is 0 Å². The molecule has 0 aliphatic heterocycles. The number of hydrogen-bond acceptors (Lipinski definition) is 4. The second kappa shape index (κ2) is 6.02. The van der Waals surface area contributed by atoms with Gasteiger partial charge in [-0.2, -0.15) is 5.10 Å². The summed E-state index contributed by atoms with van der Waals surface area (Å²) in [5, 5.41) is 6.35. The van der Waals surface area contributed by atoms with E-state index in [0.29, 0.717) is 18.0 Å². The van der Waals surface area contributed by atoms with Crippen molar-refractivity contribution in [3.8, 4) is 0 Å². The highest BCUT2D eigenvalue weighted by molar-refractivity contribution is 7.89. The van der Waals surface area contributed by atoms with Crippen molar-refractivity contribution in [2.45, 2.75) is 44.2 Å². The van der Waals surface area contributed by atoms with Gasteiger partial charge in [-0.1, -0.05) is 19.8 Å². The summed E-state index contributed by atoms with van der Waals surface area (Å²) in [5.41, 5.74) is 6.01. The van der Waals surface area contributed by atoms with Gasteiger partial charge in [-0.15, -0.1) is 0 Å². The number of aromatic nitrogens is 2. The van der Waals surface area contributed by atoms with Gasteiger partial charge < -0.3 is 5.73 Å². The number of nitrogens with two attached hydrogens (primary N) is 1. The van der Waals surface area contributed by atoms with Crippen LogP contribution in [0.3, 0.4) is 0 Å². The van der Waals surface area contributed by atoms with Crippen LogP contribution in [0.5, 0.6) is 0 Å². The molecule has 7 heteroatoms. The molecule has 0 amide bonds. The zero-order valence-corrected chi connectivity index (χ0v) is 12.0. The van der Waals surface area contributed by atoms with Crippen LogP contribution in [0.4, 0.5) is 0 Å². The second-order valence-electron chi connectivity index (χ2n) is 5.41. The average molecular weight is 286 g/mol. The van der Waals surface area contributed by atoms with Crippen LogP contribution < -0.4 is 10.5 Å². The molecule has 0 saturated heterocycles. The Labute approximate surface area is 114 Å². The molecule has 1 aromatic heterocycles. The highest BCUT2D eigenvalue weighted by Gasteiger charge is 2.23. The maximum atomic E-state index is 12.1. The average Bonchev–Trinajstić information content (AvgIpc) is 2.87. The fourth-order valence-electron chi connectivity index (χ4n) is 2.51. The van der Waals surface area contributed by atoms with Gasteiger partial charge in [-0.3, -0.25) is 5.10 Å². The normalized spacial score (nSPS) is 24.5. The molecule has 1 heterocycles. The van der Waals surface area contributed by atoms with E-state index >= 15 is 0 Å². The molecule has 1 aliphatic rings. The van der Waals surface area contributed by atoms with Gasteiger partial charge in [0.25, 0.3) is 10.0 Å². The minimum absolute atomic E-state index is 0.0965. The summed E-state index contributed by atoms with van der Waals surface area (Å²) in [6.45, 7) is 2.91. The van der Waals surface area contributed by atoms with Crippen molar-refractivity contribution in [1.29, 1.82) is 0 Å². The van der Waals surface area contributed by atoms with Crippen molar-refractivity contribution in [3.05, 3.63) is 11.8 Å². The SMILES string of the molecule is CC1CCC(CNS(=O)(=O)c2[nH]ncc2CN)CC1. The Balaban J connectivity index is 1.95. The quantitative estimate of drug-likeness (QED) is 0.750. The fraction of sp³-hybridized carbons (Fsp3) is 0.750. The summed E-state index contributed by atoms with van der Waals surface area (Å²) >= 11 is 0. The van der Waals surface area contributed by atoms with Crippen molar-refractivity contribution in [1.82, 2.24) is 14.9 Å². The van der Waals surface area contributed by atoms with Crippen molar-refractivity contribution < 1.29 is 8.42 Å². The zero-order valence-electron chi connectivity index (χ0n) is 11.2.